The first-order valence-corrected chi connectivity index (χ1v) is 9.31. The largest absolute Gasteiger partial charge is 0.507 e. The van der Waals surface area contributed by atoms with Gasteiger partial charge in [0.05, 0.1) is 24.8 Å². The highest BCUT2D eigenvalue weighted by atomic mass is 16.5. The molecule has 1 amide bonds. The van der Waals surface area contributed by atoms with Crippen LogP contribution in [0.5, 0.6) is 5.75 Å². The molecule has 2 N–H and O–H groups in total. The Morgan fingerprint density at radius 1 is 1.04 bits per heavy atom. The van der Waals surface area contributed by atoms with E-state index < -0.39 is 5.97 Å². The molecule has 0 aliphatic heterocycles. The molecule has 0 bridgehead atoms. The summed E-state index contributed by atoms with van der Waals surface area (Å²) in [5, 5.41) is 13.4. The molecule has 0 radical (unpaired) electrons. The van der Waals surface area contributed by atoms with Crippen LogP contribution in [0, 0.1) is 0 Å². The monoisotopic (exact) mass is 383 g/mol. The number of nitrogens with one attached hydrogen (secondary N) is 1. The van der Waals surface area contributed by atoms with Crippen LogP contribution in [0.3, 0.4) is 0 Å². The Morgan fingerprint density at radius 3 is 2.25 bits per heavy atom. The van der Waals surface area contributed by atoms with Crippen LogP contribution in [0.4, 0.5) is 0 Å². The summed E-state index contributed by atoms with van der Waals surface area (Å²) in [5.74, 6) is -0.661. The maximum absolute atomic E-state index is 12.7. The highest BCUT2D eigenvalue weighted by molar-refractivity contribution is 5.95. The standard InChI is InChI=1S/C22H25NO5/c1-27-14-22(11-3-4-12-22)23-20(25)16-7-5-15(6-8-16)18-10-9-17(13-19(18)24)21(26)28-2/h5-10,13,24H,3-4,11-12,14H2,1-2H3,(H,23,25). The lowest BCUT2D eigenvalue weighted by Gasteiger charge is -2.29. The van der Waals surface area contributed by atoms with Gasteiger partial charge < -0.3 is 19.9 Å². The number of carbonyl (C=O) groups is 2. The van der Waals surface area contributed by atoms with Crippen LogP contribution in [0.15, 0.2) is 42.5 Å². The lowest BCUT2D eigenvalue weighted by molar-refractivity contribution is 0.0600. The minimum Gasteiger partial charge on any atom is -0.507 e. The number of ether oxygens (including phenoxy) is 2. The Bertz CT molecular complexity index is 854. The van der Waals surface area contributed by atoms with Gasteiger partial charge in [-0.2, -0.15) is 0 Å². The first-order valence-electron chi connectivity index (χ1n) is 9.31. The summed E-state index contributed by atoms with van der Waals surface area (Å²) in [5.41, 5.74) is 1.87. The van der Waals surface area contributed by atoms with E-state index in [-0.39, 0.29) is 22.8 Å². The van der Waals surface area contributed by atoms with E-state index >= 15 is 0 Å². The van der Waals surface area contributed by atoms with Crippen molar-refractivity contribution in [2.75, 3.05) is 20.8 Å². The molecule has 28 heavy (non-hydrogen) atoms. The van der Waals surface area contributed by atoms with Crippen LogP contribution >= 0.6 is 0 Å². The molecular weight excluding hydrogens is 358 g/mol. The summed E-state index contributed by atoms with van der Waals surface area (Å²) >= 11 is 0. The van der Waals surface area contributed by atoms with Crippen LogP contribution < -0.4 is 5.32 Å². The number of esters is 1. The van der Waals surface area contributed by atoms with E-state index in [2.05, 4.69) is 10.1 Å². The fraction of sp³-hybridized carbons (Fsp3) is 0.364. The molecule has 0 aromatic heterocycles. The van der Waals surface area contributed by atoms with Crippen molar-refractivity contribution in [3.05, 3.63) is 53.6 Å². The third-order valence-corrected chi connectivity index (χ3v) is 5.24. The van der Waals surface area contributed by atoms with E-state index in [4.69, 9.17) is 4.74 Å². The fourth-order valence-electron chi connectivity index (χ4n) is 3.77. The van der Waals surface area contributed by atoms with Crippen molar-refractivity contribution >= 4 is 11.9 Å². The second-order valence-corrected chi connectivity index (χ2v) is 7.18. The fourth-order valence-corrected chi connectivity index (χ4v) is 3.77. The number of carbonyl (C=O) groups excluding carboxylic acids is 2. The van der Waals surface area contributed by atoms with Crippen LogP contribution in [0.25, 0.3) is 11.1 Å². The van der Waals surface area contributed by atoms with Gasteiger partial charge in [0.15, 0.2) is 0 Å². The van der Waals surface area contributed by atoms with E-state index in [9.17, 15) is 14.7 Å². The Balaban J connectivity index is 1.76. The highest BCUT2D eigenvalue weighted by Gasteiger charge is 2.35. The van der Waals surface area contributed by atoms with Crippen LogP contribution in [0.1, 0.15) is 46.4 Å². The SMILES string of the molecule is COCC1(NC(=O)c2ccc(-c3ccc(C(=O)OC)cc3O)cc2)CCCC1. The number of methoxy groups -OCH3 is 2. The van der Waals surface area contributed by atoms with E-state index in [0.717, 1.165) is 31.2 Å². The summed E-state index contributed by atoms with van der Waals surface area (Å²) in [7, 11) is 2.94. The molecule has 0 spiro atoms. The van der Waals surface area contributed by atoms with Gasteiger partial charge in [-0.1, -0.05) is 25.0 Å². The van der Waals surface area contributed by atoms with Gasteiger partial charge >= 0.3 is 5.97 Å². The highest BCUT2D eigenvalue weighted by Crippen LogP contribution is 2.32. The number of phenolic OH excluding ortho intramolecular Hbond substituents is 1. The van der Waals surface area contributed by atoms with Crippen LogP contribution in [-0.2, 0) is 9.47 Å². The summed E-state index contributed by atoms with van der Waals surface area (Å²) in [6.07, 6.45) is 4.02. The maximum atomic E-state index is 12.7. The smallest absolute Gasteiger partial charge is 0.337 e. The van der Waals surface area contributed by atoms with E-state index in [0.29, 0.717) is 17.7 Å². The average molecular weight is 383 g/mol. The van der Waals surface area contributed by atoms with Crippen molar-refractivity contribution in [3.63, 3.8) is 0 Å². The van der Waals surface area contributed by atoms with Crippen molar-refractivity contribution in [2.24, 2.45) is 0 Å². The number of phenols is 1. The quantitative estimate of drug-likeness (QED) is 0.746. The lowest BCUT2D eigenvalue weighted by atomic mass is 9.97. The van der Waals surface area contributed by atoms with Gasteiger partial charge in [0.2, 0.25) is 0 Å². The number of benzene rings is 2. The number of hydrogen-bond acceptors (Lipinski definition) is 5. The lowest BCUT2D eigenvalue weighted by Crippen LogP contribution is -2.49. The summed E-state index contributed by atoms with van der Waals surface area (Å²) in [4.78, 5) is 24.2. The Morgan fingerprint density at radius 2 is 1.68 bits per heavy atom. The zero-order valence-corrected chi connectivity index (χ0v) is 16.2. The average Bonchev–Trinajstić information content (AvgIpc) is 3.15. The maximum Gasteiger partial charge on any atom is 0.337 e. The second-order valence-electron chi connectivity index (χ2n) is 7.18. The van der Waals surface area contributed by atoms with E-state index in [1.807, 2.05) is 0 Å². The third-order valence-electron chi connectivity index (χ3n) is 5.24. The minimum absolute atomic E-state index is 0.0231. The molecular formula is C22H25NO5. The van der Waals surface area contributed by atoms with Gasteiger partial charge in [-0.25, -0.2) is 4.79 Å². The summed E-state index contributed by atoms with van der Waals surface area (Å²) < 4.78 is 9.97. The number of rotatable bonds is 6. The topological polar surface area (TPSA) is 84.9 Å². The van der Waals surface area contributed by atoms with Gasteiger partial charge in [-0.15, -0.1) is 0 Å². The molecule has 6 heteroatoms. The molecule has 0 heterocycles. The minimum atomic E-state index is -0.509. The molecule has 2 aromatic carbocycles. The van der Waals surface area contributed by atoms with Crippen LogP contribution in [-0.4, -0.2) is 43.3 Å². The van der Waals surface area contributed by atoms with Crippen molar-refractivity contribution < 1.29 is 24.2 Å². The molecule has 3 rings (SSSR count). The van der Waals surface area contributed by atoms with Gasteiger partial charge in [0.1, 0.15) is 5.75 Å². The van der Waals surface area contributed by atoms with Crippen molar-refractivity contribution in [3.8, 4) is 16.9 Å². The summed E-state index contributed by atoms with van der Waals surface area (Å²) in [6, 6.07) is 11.6. The Kier molecular flexibility index (Phi) is 5.99. The first kappa shape index (κ1) is 19.9. The van der Waals surface area contributed by atoms with Crippen molar-refractivity contribution in [1.29, 1.82) is 0 Å². The van der Waals surface area contributed by atoms with Gasteiger partial charge in [0, 0.05) is 18.2 Å². The van der Waals surface area contributed by atoms with E-state index in [1.165, 1.54) is 13.2 Å². The van der Waals surface area contributed by atoms with Crippen molar-refractivity contribution in [2.45, 2.75) is 31.2 Å². The molecule has 1 aliphatic rings. The predicted octanol–water partition coefficient (Wildman–Crippen LogP) is 3.53. The molecule has 2 aromatic rings. The van der Waals surface area contributed by atoms with Crippen molar-refractivity contribution in [1.82, 2.24) is 5.32 Å². The Hall–Kier alpha value is -2.86. The number of aromatic hydroxyl groups is 1. The normalized spacial score (nSPS) is 15.2. The summed E-state index contributed by atoms with van der Waals surface area (Å²) in [6.45, 7) is 0.511. The number of hydrogen-bond donors (Lipinski definition) is 2. The molecule has 1 aliphatic carbocycles. The molecule has 148 valence electrons. The zero-order chi connectivity index (χ0) is 20.1. The van der Waals surface area contributed by atoms with Gasteiger partial charge in [0.25, 0.3) is 5.91 Å². The molecule has 6 nitrogen and oxygen atoms in total. The van der Waals surface area contributed by atoms with Gasteiger partial charge in [-0.05, 0) is 48.7 Å². The molecule has 0 saturated heterocycles. The van der Waals surface area contributed by atoms with Crippen LogP contribution in [0.2, 0.25) is 0 Å². The number of amides is 1. The van der Waals surface area contributed by atoms with Gasteiger partial charge in [-0.3, -0.25) is 4.79 Å². The third kappa shape index (κ3) is 4.17. The first-order chi connectivity index (χ1) is 13.5. The molecule has 1 saturated carbocycles. The van der Waals surface area contributed by atoms with E-state index in [1.54, 1.807) is 43.5 Å². The molecule has 0 unspecified atom stereocenters. The predicted molar refractivity (Wildman–Crippen MR) is 105 cm³/mol. The molecule has 0 atom stereocenters. The zero-order valence-electron chi connectivity index (χ0n) is 16.2. The Labute approximate surface area is 164 Å². The molecule has 1 fully saturated rings. The second kappa shape index (κ2) is 8.44.